The Hall–Kier alpha value is -1.03. The molecule has 0 fully saturated rings. The second kappa shape index (κ2) is 6.45. The lowest BCUT2D eigenvalue weighted by molar-refractivity contribution is -0.139. The van der Waals surface area contributed by atoms with E-state index in [1.165, 1.54) is 23.9 Å². The summed E-state index contributed by atoms with van der Waals surface area (Å²) >= 11 is 1.46. The van der Waals surface area contributed by atoms with E-state index in [1.54, 1.807) is 19.1 Å². The Morgan fingerprint density at radius 3 is 2.67 bits per heavy atom. The van der Waals surface area contributed by atoms with Crippen molar-refractivity contribution in [3.63, 3.8) is 0 Å². The number of rotatable bonds is 5. The first kappa shape index (κ1) is 12.0. The molecule has 1 aromatic rings. The molecule has 0 bridgehead atoms. The number of ether oxygens (including phenoxy) is 1. The van der Waals surface area contributed by atoms with Gasteiger partial charge in [0.2, 0.25) is 0 Å². The van der Waals surface area contributed by atoms with Gasteiger partial charge in [0.05, 0.1) is 12.4 Å². The summed E-state index contributed by atoms with van der Waals surface area (Å²) in [5, 5.41) is 0. The molecule has 0 aliphatic carbocycles. The molecule has 82 valence electrons. The molecular weight excluding hydrogens is 215 g/mol. The monoisotopic (exact) mass is 228 g/mol. The van der Waals surface area contributed by atoms with Crippen LogP contribution in [0.5, 0.6) is 0 Å². The number of benzene rings is 1. The Kier molecular flexibility index (Phi) is 5.18. The van der Waals surface area contributed by atoms with E-state index in [2.05, 4.69) is 0 Å². The zero-order chi connectivity index (χ0) is 11.1. The Morgan fingerprint density at radius 1 is 1.40 bits per heavy atom. The van der Waals surface area contributed by atoms with Gasteiger partial charge in [0.1, 0.15) is 5.82 Å². The van der Waals surface area contributed by atoms with Crippen LogP contribution in [-0.4, -0.2) is 18.3 Å². The van der Waals surface area contributed by atoms with Crippen molar-refractivity contribution in [2.45, 2.75) is 12.7 Å². The number of carbonyl (C=O) groups is 1. The Morgan fingerprint density at radius 2 is 2.07 bits per heavy atom. The van der Waals surface area contributed by atoms with E-state index in [-0.39, 0.29) is 11.8 Å². The Labute approximate surface area is 92.8 Å². The molecule has 0 aliphatic rings. The molecule has 0 N–H and O–H groups in total. The summed E-state index contributed by atoms with van der Waals surface area (Å²) in [5.74, 6) is 0.586. The molecule has 0 unspecified atom stereocenters. The van der Waals surface area contributed by atoms with Gasteiger partial charge >= 0.3 is 5.97 Å². The van der Waals surface area contributed by atoms with Gasteiger partial charge in [-0.1, -0.05) is 12.1 Å². The van der Waals surface area contributed by atoms with Gasteiger partial charge in [-0.25, -0.2) is 4.39 Å². The molecule has 0 atom stereocenters. The molecule has 1 aromatic carbocycles. The highest BCUT2D eigenvalue weighted by atomic mass is 32.2. The standard InChI is InChI=1S/C11H13FO2S/c1-2-14-11(13)8-15-7-9-3-5-10(12)6-4-9/h3-6H,2,7-8H2,1H3. The van der Waals surface area contributed by atoms with E-state index in [4.69, 9.17) is 4.74 Å². The van der Waals surface area contributed by atoms with E-state index >= 15 is 0 Å². The first-order chi connectivity index (χ1) is 7.22. The van der Waals surface area contributed by atoms with Crippen LogP contribution in [0.4, 0.5) is 4.39 Å². The van der Waals surface area contributed by atoms with Gasteiger partial charge in [-0.3, -0.25) is 4.79 Å². The third kappa shape index (κ3) is 4.83. The number of hydrogen-bond acceptors (Lipinski definition) is 3. The van der Waals surface area contributed by atoms with Crippen molar-refractivity contribution < 1.29 is 13.9 Å². The average molecular weight is 228 g/mol. The maximum absolute atomic E-state index is 12.6. The fraction of sp³-hybridized carbons (Fsp3) is 0.364. The predicted octanol–water partition coefficient (Wildman–Crippen LogP) is 2.62. The van der Waals surface area contributed by atoms with Gasteiger partial charge in [-0.15, -0.1) is 11.8 Å². The molecule has 0 spiro atoms. The number of thioether (sulfide) groups is 1. The fourth-order valence-electron chi connectivity index (χ4n) is 1.04. The Bertz CT molecular complexity index is 311. The van der Waals surface area contributed by atoms with Crippen LogP contribution in [-0.2, 0) is 15.3 Å². The second-order valence-electron chi connectivity index (χ2n) is 2.92. The molecule has 15 heavy (non-hydrogen) atoms. The minimum atomic E-state index is -0.242. The summed E-state index contributed by atoms with van der Waals surface area (Å²) in [6, 6.07) is 6.27. The summed E-state index contributed by atoms with van der Waals surface area (Å²) < 4.78 is 17.3. The van der Waals surface area contributed by atoms with Gasteiger partial charge in [0.15, 0.2) is 0 Å². The zero-order valence-corrected chi connectivity index (χ0v) is 9.35. The maximum atomic E-state index is 12.6. The predicted molar refractivity (Wildman–Crippen MR) is 59.2 cm³/mol. The van der Waals surface area contributed by atoms with Crippen LogP contribution >= 0.6 is 11.8 Å². The van der Waals surface area contributed by atoms with Crippen molar-refractivity contribution in [2.75, 3.05) is 12.4 Å². The molecule has 0 aromatic heterocycles. The Balaban J connectivity index is 2.26. The van der Waals surface area contributed by atoms with E-state index < -0.39 is 0 Å². The molecular formula is C11H13FO2S. The van der Waals surface area contributed by atoms with E-state index in [0.29, 0.717) is 18.1 Å². The summed E-state index contributed by atoms with van der Waals surface area (Å²) in [5.41, 5.74) is 1.01. The highest BCUT2D eigenvalue weighted by Crippen LogP contribution is 2.12. The van der Waals surface area contributed by atoms with Gasteiger partial charge < -0.3 is 4.74 Å². The minimum Gasteiger partial charge on any atom is -0.465 e. The second-order valence-corrected chi connectivity index (χ2v) is 3.91. The first-order valence-electron chi connectivity index (χ1n) is 4.70. The van der Waals surface area contributed by atoms with Crippen LogP contribution in [0.3, 0.4) is 0 Å². The molecule has 0 saturated carbocycles. The van der Waals surface area contributed by atoms with Crippen LogP contribution in [0.1, 0.15) is 12.5 Å². The smallest absolute Gasteiger partial charge is 0.315 e. The number of esters is 1. The van der Waals surface area contributed by atoms with Crippen LogP contribution in [0.25, 0.3) is 0 Å². The lowest BCUT2D eigenvalue weighted by Gasteiger charge is -2.02. The molecule has 4 heteroatoms. The zero-order valence-electron chi connectivity index (χ0n) is 8.53. The topological polar surface area (TPSA) is 26.3 Å². The first-order valence-corrected chi connectivity index (χ1v) is 5.85. The van der Waals surface area contributed by atoms with Crippen molar-refractivity contribution in [1.29, 1.82) is 0 Å². The molecule has 0 amide bonds. The molecule has 0 saturated heterocycles. The summed E-state index contributed by atoms with van der Waals surface area (Å²) in [6.07, 6.45) is 0. The van der Waals surface area contributed by atoms with Crippen LogP contribution < -0.4 is 0 Å². The third-order valence-electron chi connectivity index (χ3n) is 1.71. The van der Waals surface area contributed by atoms with Crippen LogP contribution in [0.15, 0.2) is 24.3 Å². The molecule has 2 nitrogen and oxygen atoms in total. The highest BCUT2D eigenvalue weighted by Gasteiger charge is 2.01. The molecule has 1 rings (SSSR count). The van der Waals surface area contributed by atoms with Gasteiger partial charge in [0.25, 0.3) is 0 Å². The van der Waals surface area contributed by atoms with Crippen molar-refractivity contribution >= 4 is 17.7 Å². The van der Waals surface area contributed by atoms with Crippen molar-refractivity contribution in [2.24, 2.45) is 0 Å². The number of carbonyl (C=O) groups excluding carboxylic acids is 1. The quantitative estimate of drug-likeness (QED) is 0.725. The van der Waals surface area contributed by atoms with E-state index in [0.717, 1.165) is 5.56 Å². The van der Waals surface area contributed by atoms with E-state index in [1.807, 2.05) is 0 Å². The van der Waals surface area contributed by atoms with Gasteiger partial charge in [0, 0.05) is 5.75 Å². The molecule has 0 heterocycles. The van der Waals surface area contributed by atoms with Gasteiger partial charge in [-0.05, 0) is 24.6 Å². The van der Waals surface area contributed by atoms with Crippen molar-refractivity contribution in [3.05, 3.63) is 35.6 Å². The van der Waals surface area contributed by atoms with Crippen molar-refractivity contribution in [1.82, 2.24) is 0 Å². The lowest BCUT2D eigenvalue weighted by Crippen LogP contribution is -2.06. The van der Waals surface area contributed by atoms with Crippen LogP contribution in [0.2, 0.25) is 0 Å². The largest absolute Gasteiger partial charge is 0.465 e. The highest BCUT2D eigenvalue weighted by molar-refractivity contribution is 7.99. The van der Waals surface area contributed by atoms with Gasteiger partial charge in [-0.2, -0.15) is 0 Å². The normalized spacial score (nSPS) is 10.0. The summed E-state index contributed by atoms with van der Waals surface area (Å²) in [4.78, 5) is 11.0. The maximum Gasteiger partial charge on any atom is 0.315 e. The average Bonchev–Trinajstić information content (AvgIpc) is 2.21. The van der Waals surface area contributed by atoms with Crippen LogP contribution in [0, 0.1) is 5.82 Å². The summed E-state index contributed by atoms with van der Waals surface area (Å²) in [6.45, 7) is 2.19. The molecule has 0 aliphatic heterocycles. The summed E-state index contributed by atoms with van der Waals surface area (Å²) in [7, 11) is 0. The third-order valence-corrected chi connectivity index (χ3v) is 2.68. The van der Waals surface area contributed by atoms with E-state index in [9.17, 15) is 9.18 Å². The minimum absolute atomic E-state index is 0.204. The fourth-order valence-corrected chi connectivity index (χ4v) is 1.82. The SMILES string of the molecule is CCOC(=O)CSCc1ccc(F)cc1. The number of halogens is 1. The van der Waals surface area contributed by atoms with Crippen molar-refractivity contribution in [3.8, 4) is 0 Å². The molecule has 0 radical (unpaired) electrons. The lowest BCUT2D eigenvalue weighted by atomic mass is 10.2. The number of hydrogen-bond donors (Lipinski definition) is 0.